The molecule has 262 valence electrons. The van der Waals surface area contributed by atoms with Gasteiger partial charge in [0.1, 0.15) is 27.8 Å². The standard InChI is InChI=1S/C35H42IN11O3/c1-23(36)50-29-10-5-25(19-41-29)31(38)32-27(37)8-9-28(43-32)47-14-12-35(34(47)49)11-13-44(21-35)20-30(48)46-17-15-45(16-18-46)26-6-3-24(4-7-26)33(39)42-22-40-2/h3-10,19,22-23,38H,11-18,20-21,37H2,1-2H3,(H2,39,40,42)/t23?,35-/m0/s1. The van der Waals surface area contributed by atoms with Gasteiger partial charge in [0.05, 0.1) is 23.4 Å². The average Bonchev–Trinajstić information content (AvgIpc) is 3.68. The van der Waals surface area contributed by atoms with Crippen LogP contribution in [0.2, 0.25) is 0 Å². The van der Waals surface area contributed by atoms with E-state index in [0.29, 0.717) is 86.6 Å². The van der Waals surface area contributed by atoms with E-state index >= 15 is 0 Å². The van der Waals surface area contributed by atoms with Crippen molar-refractivity contribution in [2.75, 3.05) is 74.9 Å². The number of pyridine rings is 2. The number of aliphatic imine (C=N–C) groups is 2. The summed E-state index contributed by atoms with van der Waals surface area (Å²) in [6.45, 7) is 6.66. The highest BCUT2D eigenvalue weighted by atomic mass is 127. The number of likely N-dealkylation sites (tertiary alicyclic amines) is 1. The van der Waals surface area contributed by atoms with Gasteiger partial charge in [0.15, 0.2) is 0 Å². The first kappa shape index (κ1) is 35.2. The van der Waals surface area contributed by atoms with Gasteiger partial charge in [-0.3, -0.25) is 29.8 Å². The van der Waals surface area contributed by atoms with Crippen LogP contribution in [0.25, 0.3) is 0 Å². The monoisotopic (exact) mass is 791 g/mol. The van der Waals surface area contributed by atoms with Gasteiger partial charge in [-0.1, -0.05) is 0 Å². The molecule has 15 heteroatoms. The van der Waals surface area contributed by atoms with Gasteiger partial charge in [-0.05, 0) is 91.4 Å². The third kappa shape index (κ3) is 7.57. The van der Waals surface area contributed by atoms with Crippen LogP contribution in [0.3, 0.4) is 0 Å². The van der Waals surface area contributed by atoms with Crippen molar-refractivity contribution in [3.63, 3.8) is 0 Å². The molecule has 0 aliphatic carbocycles. The Morgan fingerprint density at radius 2 is 1.78 bits per heavy atom. The normalized spacial score (nSPS) is 20.7. The number of amidine groups is 1. The van der Waals surface area contributed by atoms with Crippen molar-refractivity contribution in [3.05, 3.63) is 71.5 Å². The van der Waals surface area contributed by atoms with E-state index in [1.807, 2.05) is 36.1 Å². The van der Waals surface area contributed by atoms with Crippen molar-refractivity contribution in [3.8, 4) is 5.88 Å². The molecule has 1 spiro atoms. The Balaban J connectivity index is 1.03. The van der Waals surface area contributed by atoms with Gasteiger partial charge in [-0.2, -0.15) is 0 Å². The molecule has 3 fully saturated rings. The fourth-order valence-electron chi connectivity index (χ4n) is 6.77. The molecule has 1 unspecified atom stereocenters. The van der Waals surface area contributed by atoms with Crippen LogP contribution in [0.5, 0.6) is 5.88 Å². The first-order valence-electron chi connectivity index (χ1n) is 16.6. The van der Waals surface area contributed by atoms with Crippen LogP contribution in [0.15, 0.2) is 64.7 Å². The van der Waals surface area contributed by atoms with E-state index in [-0.39, 0.29) is 21.6 Å². The van der Waals surface area contributed by atoms with Gasteiger partial charge < -0.3 is 26.0 Å². The number of ether oxygens (including phenoxy) is 1. The van der Waals surface area contributed by atoms with E-state index < -0.39 is 5.41 Å². The van der Waals surface area contributed by atoms with Crippen molar-refractivity contribution in [2.24, 2.45) is 21.1 Å². The summed E-state index contributed by atoms with van der Waals surface area (Å²) in [5.41, 5.74) is 14.9. The van der Waals surface area contributed by atoms with Gasteiger partial charge in [0.25, 0.3) is 0 Å². The Bertz CT molecular complexity index is 1790. The quantitative estimate of drug-likeness (QED) is 0.120. The average molecular weight is 792 g/mol. The predicted octanol–water partition coefficient (Wildman–Crippen LogP) is 2.78. The molecule has 6 rings (SSSR count). The smallest absolute Gasteiger partial charge is 0.236 e. The molecule has 3 saturated heterocycles. The Morgan fingerprint density at radius 1 is 1.06 bits per heavy atom. The van der Waals surface area contributed by atoms with Crippen molar-refractivity contribution in [1.82, 2.24) is 19.8 Å². The number of nitrogens with two attached hydrogens (primary N) is 2. The molecule has 0 saturated carbocycles. The molecule has 2 aromatic heterocycles. The minimum atomic E-state index is -0.561. The zero-order valence-corrected chi connectivity index (χ0v) is 30.4. The number of piperazine rings is 1. The first-order chi connectivity index (χ1) is 24.1. The number of nitrogens with zero attached hydrogens (tertiary/aromatic N) is 8. The van der Waals surface area contributed by atoms with Gasteiger partial charge in [-0.25, -0.2) is 15.0 Å². The van der Waals surface area contributed by atoms with Crippen molar-refractivity contribution in [1.29, 1.82) is 5.41 Å². The summed E-state index contributed by atoms with van der Waals surface area (Å²) in [5, 5.41) is 8.79. The maximum Gasteiger partial charge on any atom is 0.236 e. The molecule has 5 N–H and O–H groups in total. The summed E-state index contributed by atoms with van der Waals surface area (Å²) in [6, 6.07) is 14.8. The minimum Gasteiger partial charge on any atom is -0.464 e. The zero-order valence-electron chi connectivity index (χ0n) is 28.3. The predicted molar refractivity (Wildman–Crippen MR) is 204 cm³/mol. The fourth-order valence-corrected chi connectivity index (χ4v) is 7.03. The Hall–Kier alpha value is -4.64. The Kier molecular flexibility index (Phi) is 10.6. The topological polar surface area (TPSA) is 183 Å². The first-order valence-corrected chi connectivity index (χ1v) is 17.9. The summed E-state index contributed by atoms with van der Waals surface area (Å²) in [7, 11) is 1.64. The number of halogens is 1. The van der Waals surface area contributed by atoms with Gasteiger partial charge in [-0.15, -0.1) is 0 Å². The van der Waals surface area contributed by atoms with E-state index in [9.17, 15) is 9.59 Å². The molecule has 50 heavy (non-hydrogen) atoms. The molecule has 14 nitrogen and oxygen atoms in total. The van der Waals surface area contributed by atoms with Crippen molar-refractivity contribution >= 4 is 69.5 Å². The highest BCUT2D eigenvalue weighted by molar-refractivity contribution is 14.1. The van der Waals surface area contributed by atoms with E-state index in [1.165, 1.54) is 6.34 Å². The molecular formula is C35H42IN11O3. The summed E-state index contributed by atoms with van der Waals surface area (Å²) in [4.78, 5) is 52.2. The minimum absolute atomic E-state index is 0.00411. The van der Waals surface area contributed by atoms with Crippen LogP contribution in [0.4, 0.5) is 17.2 Å². The number of amides is 2. The number of benzene rings is 1. The SMILES string of the molecule is CN=CN=C(N)c1ccc(N2CCN(C(=O)CN3CC[C@]4(CCN(c5ccc(N)c(C(=N)c6ccc(OC(C)I)nc6)n5)C4=O)C3)CC2)cc1. The molecule has 0 radical (unpaired) electrons. The largest absolute Gasteiger partial charge is 0.464 e. The van der Waals surface area contributed by atoms with Crippen LogP contribution < -0.4 is 26.0 Å². The van der Waals surface area contributed by atoms with Gasteiger partial charge in [0, 0.05) is 75.4 Å². The lowest BCUT2D eigenvalue weighted by Gasteiger charge is -2.37. The number of hydrogen-bond acceptors (Lipinski definition) is 10. The summed E-state index contributed by atoms with van der Waals surface area (Å²) >= 11 is 2.15. The number of carbonyl (C=O) groups is 2. The molecule has 2 atom stereocenters. The number of rotatable bonds is 10. The summed E-state index contributed by atoms with van der Waals surface area (Å²) in [6.07, 6.45) is 4.35. The maximum atomic E-state index is 13.9. The molecule has 0 bridgehead atoms. The number of alkyl halides is 1. The molecule has 3 aliphatic heterocycles. The van der Waals surface area contributed by atoms with E-state index in [2.05, 4.69) is 52.3 Å². The number of hydrogen-bond donors (Lipinski definition) is 3. The van der Waals surface area contributed by atoms with Crippen LogP contribution in [-0.2, 0) is 9.59 Å². The number of anilines is 3. The highest BCUT2D eigenvalue weighted by Crippen LogP contribution is 2.42. The Labute approximate surface area is 305 Å². The highest BCUT2D eigenvalue weighted by Gasteiger charge is 2.51. The summed E-state index contributed by atoms with van der Waals surface area (Å²) < 4.78 is 5.56. The molecule has 3 aromatic rings. The number of aromatic nitrogens is 2. The van der Waals surface area contributed by atoms with E-state index in [0.717, 1.165) is 24.3 Å². The van der Waals surface area contributed by atoms with Crippen LogP contribution in [0, 0.1) is 10.8 Å². The van der Waals surface area contributed by atoms with Crippen molar-refractivity contribution in [2.45, 2.75) is 23.9 Å². The lowest BCUT2D eigenvalue weighted by molar-refractivity contribution is -0.133. The second-order valence-electron chi connectivity index (χ2n) is 12.8. The molecule has 2 amide bonds. The molecular weight excluding hydrogens is 749 g/mol. The second-order valence-corrected chi connectivity index (χ2v) is 14.5. The lowest BCUT2D eigenvalue weighted by Crippen LogP contribution is -2.51. The third-order valence-electron chi connectivity index (χ3n) is 9.51. The van der Waals surface area contributed by atoms with Gasteiger partial charge in [0.2, 0.25) is 17.7 Å². The fraction of sp³-hybridized carbons (Fsp3) is 0.400. The van der Waals surface area contributed by atoms with Crippen LogP contribution in [-0.4, -0.2) is 113 Å². The molecule has 5 heterocycles. The molecule has 3 aliphatic rings. The maximum absolute atomic E-state index is 13.9. The van der Waals surface area contributed by atoms with Crippen molar-refractivity contribution < 1.29 is 14.3 Å². The van der Waals surface area contributed by atoms with Crippen LogP contribution in [0.1, 0.15) is 36.6 Å². The second kappa shape index (κ2) is 15.1. The van der Waals surface area contributed by atoms with Gasteiger partial charge >= 0.3 is 0 Å². The third-order valence-corrected chi connectivity index (χ3v) is 9.76. The van der Waals surface area contributed by atoms with E-state index in [1.54, 1.807) is 42.4 Å². The zero-order chi connectivity index (χ0) is 35.4. The molecule has 1 aromatic carbocycles. The summed E-state index contributed by atoms with van der Waals surface area (Å²) in [5.74, 6) is 1.44. The van der Waals surface area contributed by atoms with E-state index in [4.69, 9.17) is 21.6 Å². The number of carbonyl (C=O) groups excluding carboxylic acids is 2. The number of nitrogens with one attached hydrogen (secondary N) is 1. The Morgan fingerprint density at radius 3 is 2.46 bits per heavy atom. The van der Waals surface area contributed by atoms with Crippen LogP contribution >= 0.6 is 22.6 Å². The number of nitrogen functional groups attached to an aromatic ring is 1. The lowest BCUT2D eigenvalue weighted by atomic mass is 9.85.